The average molecular weight is 365 g/mol. The van der Waals surface area contributed by atoms with Crippen LogP contribution < -0.4 is 0 Å². The topological polar surface area (TPSA) is 87.1 Å². The van der Waals surface area contributed by atoms with Crippen LogP contribution in [0, 0.1) is 0 Å². The van der Waals surface area contributed by atoms with Crippen molar-refractivity contribution in [2.45, 2.75) is 65.5 Å². The summed E-state index contributed by atoms with van der Waals surface area (Å²) in [6.07, 6.45) is 1.96. The van der Waals surface area contributed by atoms with Crippen molar-refractivity contribution in [2.24, 2.45) is 0 Å². The van der Waals surface area contributed by atoms with Crippen LogP contribution in [0.25, 0.3) is 0 Å². The molecule has 6 nitrogen and oxygen atoms in total. The highest BCUT2D eigenvalue weighted by Crippen LogP contribution is 2.33. The van der Waals surface area contributed by atoms with Crippen molar-refractivity contribution in [1.82, 2.24) is 4.90 Å². The summed E-state index contributed by atoms with van der Waals surface area (Å²) in [6.45, 7) is 9.47. The van der Waals surface area contributed by atoms with E-state index in [1.54, 1.807) is 31.7 Å². The average Bonchev–Trinajstić information content (AvgIpc) is 2.60. The molecule has 0 aliphatic heterocycles. The number of phenols is 1. The molecule has 0 saturated heterocycles. The van der Waals surface area contributed by atoms with E-state index in [1.807, 2.05) is 19.9 Å². The van der Waals surface area contributed by atoms with Gasteiger partial charge in [0.1, 0.15) is 11.4 Å². The summed E-state index contributed by atoms with van der Waals surface area (Å²) < 4.78 is 5.43. The summed E-state index contributed by atoms with van der Waals surface area (Å²) in [5.41, 5.74) is 1.37. The molecule has 1 aliphatic carbocycles. The fourth-order valence-electron chi connectivity index (χ4n) is 3.05. The lowest BCUT2D eigenvalue weighted by molar-refractivity contribution is 0.0108. The summed E-state index contributed by atoms with van der Waals surface area (Å²) in [6, 6.07) is 3.30. The number of fused-ring (bicyclic) bond motifs is 1. The van der Waals surface area contributed by atoms with E-state index in [2.05, 4.69) is 0 Å². The maximum Gasteiger partial charge on any atom is 0.410 e. The van der Waals surface area contributed by atoms with E-state index in [0.717, 1.165) is 11.1 Å². The van der Waals surface area contributed by atoms with Crippen molar-refractivity contribution in [3.63, 3.8) is 0 Å². The fraction of sp³-hybridized carbons (Fsp3) is 0.600. The molecule has 0 saturated carbocycles. The number of carbonyl (C=O) groups is 2. The Morgan fingerprint density at radius 1 is 1.35 bits per heavy atom. The molecule has 1 aromatic carbocycles. The number of aliphatic hydroxyl groups is 1. The third-order valence-electron chi connectivity index (χ3n) is 4.13. The van der Waals surface area contributed by atoms with E-state index in [1.165, 1.54) is 0 Å². The molecule has 1 aliphatic rings. The second-order valence-electron chi connectivity index (χ2n) is 7.05. The number of phenolic OH excluding ortho intramolecular Hbond substituents is 1. The largest absolute Gasteiger partial charge is 0.507 e. The standard InChI is InChI=1S/C18H25NO5.C2H6/c1-18(2,3)24-17(23)19(8-9-20)14-6-7-15-12(10-14)4-5-13(11-21)16(15)22;1-2/h4-5,11,14,20,22H,6-10H2,1-3H3;1-2H3. The number of rotatable bonds is 4. The monoisotopic (exact) mass is 365 g/mol. The maximum absolute atomic E-state index is 12.4. The van der Waals surface area contributed by atoms with Crippen LogP contribution >= 0.6 is 0 Å². The van der Waals surface area contributed by atoms with Gasteiger partial charge in [-0.05, 0) is 57.2 Å². The van der Waals surface area contributed by atoms with Crippen molar-refractivity contribution in [3.8, 4) is 5.75 Å². The second-order valence-corrected chi connectivity index (χ2v) is 7.05. The number of carbonyl (C=O) groups excluding carboxylic acids is 2. The first kappa shape index (κ1) is 22.0. The molecule has 0 fully saturated rings. The van der Waals surface area contributed by atoms with Gasteiger partial charge < -0.3 is 19.8 Å². The van der Waals surface area contributed by atoms with Gasteiger partial charge in [-0.3, -0.25) is 4.79 Å². The molecule has 1 unspecified atom stereocenters. The predicted octanol–water partition coefficient (Wildman–Crippen LogP) is 3.32. The van der Waals surface area contributed by atoms with Gasteiger partial charge in [0.25, 0.3) is 0 Å². The van der Waals surface area contributed by atoms with E-state index >= 15 is 0 Å². The highest BCUT2D eigenvalue weighted by atomic mass is 16.6. The zero-order valence-electron chi connectivity index (χ0n) is 16.4. The summed E-state index contributed by atoms with van der Waals surface area (Å²) in [4.78, 5) is 24.9. The van der Waals surface area contributed by atoms with Crippen LogP contribution in [0.5, 0.6) is 5.75 Å². The maximum atomic E-state index is 12.4. The van der Waals surface area contributed by atoms with Gasteiger partial charge in [0.2, 0.25) is 0 Å². The molecule has 1 atom stereocenters. The Labute approximate surface area is 155 Å². The van der Waals surface area contributed by atoms with Gasteiger partial charge in [-0.2, -0.15) is 0 Å². The minimum atomic E-state index is -0.603. The van der Waals surface area contributed by atoms with Crippen molar-refractivity contribution in [1.29, 1.82) is 0 Å². The molecule has 0 bridgehead atoms. The van der Waals surface area contributed by atoms with Gasteiger partial charge >= 0.3 is 6.09 Å². The number of benzene rings is 1. The van der Waals surface area contributed by atoms with Gasteiger partial charge in [-0.15, -0.1) is 0 Å². The number of hydrogen-bond acceptors (Lipinski definition) is 5. The molecule has 0 heterocycles. The van der Waals surface area contributed by atoms with Gasteiger partial charge in [0, 0.05) is 12.6 Å². The number of hydrogen-bond donors (Lipinski definition) is 2. The van der Waals surface area contributed by atoms with Gasteiger partial charge in [-0.25, -0.2) is 4.79 Å². The Kier molecular flexibility index (Phi) is 8.08. The first-order chi connectivity index (χ1) is 12.3. The lowest BCUT2D eigenvalue weighted by Gasteiger charge is -2.36. The highest BCUT2D eigenvalue weighted by molar-refractivity contribution is 5.80. The molecule has 2 N–H and O–H groups in total. The molecule has 26 heavy (non-hydrogen) atoms. The highest BCUT2D eigenvalue weighted by Gasteiger charge is 2.31. The zero-order valence-corrected chi connectivity index (χ0v) is 16.4. The van der Waals surface area contributed by atoms with E-state index in [4.69, 9.17) is 4.74 Å². The summed E-state index contributed by atoms with van der Waals surface area (Å²) in [5.74, 6) is 0.0342. The van der Waals surface area contributed by atoms with Crippen LogP contribution in [-0.4, -0.2) is 52.3 Å². The third-order valence-corrected chi connectivity index (χ3v) is 4.13. The molecule has 0 radical (unpaired) electrons. The van der Waals surface area contributed by atoms with Crippen LogP contribution in [0.2, 0.25) is 0 Å². The van der Waals surface area contributed by atoms with Crippen molar-refractivity contribution in [2.75, 3.05) is 13.2 Å². The Hall–Kier alpha value is -2.08. The summed E-state index contributed by atoms with van der Waals surface area (Å²) >= 11 is 0. The second kappa shape index (κ2) is 9.57. The van der Waals surface area contributed by atoms with Crippen molar-refractivity contribution < 1.29 is 24.5 Å². The third kappa shape index (κ3) is 5.46. The lowest BCUT2D eigenvalue weighted by Crippen LogP contribution is -2.47. The molecular formula is C20H31NO5. The summed E-state index contributed by atoms with van der Waals surface area (Å²) in [7, 11) is 0. The van der Waals surface area contributed by atoms with E-state index < -0.39 is 11.7 Å². The molecule has 0 aromatic heterocycles. The minimum Gasteiger partial charge on any atom is -0.507 e. The fourth-order valence-corrected chi connectivity index (χ4v) is 3.05. The number of nitrogens with zero attached hydrogens (tertiary/aromatic N) is 1. The number of aliphatic hydroxyl groups excluding tert-OH is 1. The summed E-state index contributed by atoms with van der Waals surface area (Å²) in [5, 5.41) is 19.4. The first-order valence-corrected chi connectivity index (χ1v) is 9.16. The lowest BCUT2D eigenvalue weighted by atomic mass is 9.86. The normalized spacial score (nSPS) is 16.0. The van der Waals surface area contributed by atoms with Crippen LogP contribution in [0.3, 0.4) is 0 Å². The Bertz CT molecular complexity index is 621. The quantitative estimate of drug-likeness (QED) is 0.799. The van der Waals surface area contributed by atoms with E-state index in [0.29, 0.717) is 25.5 Å². The zero-order chi connectivity index (χ0) is 19.9. The SMILES string of the molecule is CC.CC(C)(C)OC(=O)N(CCO)C1CCc2c(ccc(C=O)c2O)C1. The molecule has 0 spiro atoms. The molecular weight excluding hydrogens is 334 g/mol. The van der Waals surface area contributed by atoms with Crippen LogP contribution in [0.4, 0.5) is 4.79 Å². The molecule has 2 rings (SSSR count). The number of amides is 1. The molecule has 146 valence electrons. The predicted molar refractivity (Wildman–Crippen MR) is 101 cm³/mol. The van der Waals surface area contributed by atoms with Crippen LogP contribution in [-0.2, 0) is 17.6 Å². The van der Waals surface area contributed by atoms with E-state index in [9.17, 15) is 19.8 Å². The Morgan fingerprint density at radius 3 is 2.54 bits per heavy atom. The van der Waals surface area contributed by atoms with Crippen LogP contribution in [0.1, 0.15) is 62.5 Å². The van der Waals surface area contributed by atoms with Crippen LogP contribution in [0.15, 0.2) is 12.1 Å². The number of aldehydes is 1. The minimum absolute atomic E-state index is 0.0342. The molecule has 1 aromatic rings. The van der Waals surface area contributed by atoms with Crippen molar-refractivity contribution in [3.05, 3.63) is 28.8 Å². The smallest absolute Gasteiger partial charge is 0.410 e. The van der Waals surface area contributed by atoms with Gasteiger partial charge in [-0.1, -0.05) is 19.9 Å². The first-order valence-electron chi connectivity index (χ1n) is 9.16. The van der Waals surface area contributed by atoms with Gasteiger partial charge in [0.05, 0.1) is 12.2 Å². The Morgan fingerprint density at radius 2 is 2.00 bits per heavy atom. The van der Waals surface area contributed by atoms with E-state index in [-0.39, 0.29) is 30.5 Å². The number of aromatic hydroxyl groups is 1. The van der Waals surface area contributed by atoms with Gasteiger partial charge in [0.15, 0.2) is 6.29 Å². The molecule has 6 heteroatoms. The Balaban J connectivity index is 0.00000163. The molecule has 1 amide bonds. The number of ether oxygens (including phenoxy) is 1. The van der Waals surface area contributed by atoms with Crippen molar-refractivity contribution >= 4 is 12.4 Å².